The van der Waals surface area contributed by atoms with Crippen LogP contribution in [0.15, 0.2) is 48.5 Å². The highest BCUT2D eigenvalue weighted by molar-refractivity contribution is 5.38. The number of nitrogens with one attached hydrogen (secondary N) is 1. The maximum absolute atomic E-state index is 3.61. The molecule has 1 atom stereocenters. The molecule has 0 aliphatic rings. The zero-order valence-corrected chi connectivity index (χ0v) is 12.1. The van der Waals surface area contributed by atoms with Gasteiger partial charge in [0.15, 0.2) is 0 Å². The smallest absolute Gasteiger partial charge is 0.0579 e. The molecule has 0 spiro atoms. The van der Waals surface area contributed by atoms with Crippen molar-refractivity contribution < 1.29 is 0 Å². The van der Waals surface area contributed by atoms with Gasteiger partial charge >= 0.3 is 0 Å². The minimum absolute atomic E-state index is 0.293. The van der Waals surface area contributed by atoms with E-state index >= 15 is 0 Å². The Labute approximate surface area is 116 Å². The molecule has 0 radical (unpaired) electrons. The summed E-state index contributed by atoms with van der Waals surface area (Å²) in [7, 11) is 0. The van der Waals surface area contributed by atoms with Crippen molar-refractivity contribution >= 4 is 0 Å². The van der Waals surface area contributed by atoms with E-state index in [9.17, 15) is 0 Å². The molecule has 0 saturated carbocycles. The lowest BCUT2D eigenvalue weighted by molar-refractivity contribution is 0.625. The van der Waals surface area contributed by atoms with Crippen LogP contribution in [0.5, 0.6) is 0 Å². The fraction of sp³-hybridized carbons (Fsp3) is 0.333. The maximum atomic E-state index is 3.61. The summed E-state index contributed by atoms with van der Waals surface area (Å²) in [5, 5.41) is 3.61. The van der Waals surface area contributed by atoms with E-state index in [1.54, 1.807) is 0 Å². The first-order valence-electron chi connectivity index (χ1n) is 7.14. The molecule has 1 unspecified atom stereocenters. The zero-order valence-electron chi connectivity index (χ0n) is 12.1. The molecule has 0 heterocycles. The molecule has 1 N–H and O–H groups in total. The average molecular weight is 253 g/mol. The third kappa shape index (κ3) is 3.24. The molecular formula is C18H23N. The van der Waals surface area contributed by atoms with E-state index in [0.717, 1.165) is 13.0 Å². The topological polar surface area (TPSA) is 12.0 Å². The van der Waals surface area contributed by atoms with E-state index in [1.165, 1.54) is 22.3 Å². The Morgan fingerprint density at radius 3 is 2.26 bits per heavy atom. The molecule has 0 aliphatic carbocycles. The fourth-order valence-corrected chi connectivity index (χ4v) is 2.51. The van der Waals surface area contributed by atoms with Crippen LogP contribution in [-0.2, 0) is 6.42 Å². The van der Waals surface area contributed by atoms with Crippen molar-refractivity contribution in [3.05, 3.63) is 70.8 Å². The van der Waals surface area contributed by atoms with Gasteiger partial charge in [-0.3, -0.25) is 0 Å². The lowest BCUT2D eigenvalue weighted by Gasteiger charge is -2.22. The molecule has 100 valence electrons. The molecule has 0 bridgehead atoms. The van der Waals surface area contributed by atoms with E-state index in [0.29, 0.717) is 6.04 Å². The Balaban J connectivity index is 2.42. The van der Waals surface area contributed by atoms with E-state index < -0.39 is 0 Å². The van der Waals surface area contributed by atoms with E-state index in [1.807, 2.05) is 0 Å². The van der Waals surface area contributed by atoms with E-state index in [4.69, 9.17) is 0 Å². The largest absolute Gasteiger partial charge is 0.307 e. The first-order chi connectivity index (χ1) is 9.26. The number of aryl methyl sites for hydroxylation is 2. The highest BCUT2D eigenvalue weighted by atomic mass is 14.9. The molecular weight excluding hydrogens is 230 g/mol. The zero-order chi connectivity index (χ0) is 13.7. The maximum Gasteiger partial charge on any atom is 0.0579 e. The van der Waals surface area contributed by atoms with Gasteiger partial charge in [0.05, 0.1) is 6.04 Å². The SMILES string of the molecule is CCNC(c1ccc(C)cc1)c1ccccc1CC. The van der Waals surface area contributed by atoms with Crippen molar-refractivity contribution in [1.82, 2.24) is 5.32 Å². The Morgan fingerprint density at radius 1 is 0.947 bits per heavy atom. The summed E-state index contributed by atoms with van der Waals surface area (Å²) < 4.78 is 0. The third-order valence-corrected chi connectivity index (χ3v) is 3.57. The summed E-state index contributed by atoms with van der Waals surface area (Å²) in [6, 6.07) is 17.9. The first-order valence-corrected chi connectivity index (χ1v) is 7.14. The van der Waals surface area contributed by atoms with Gasteiger partial charge in [0, 0.05) is 0 Å². The number of benzene rings is 2. The van der Waals surface area contributed by atoms with Crippen LogP contribution in [0.1, 0.15) is 42.1 Å². The van der Waals surface area contributed by atoms with Crippen LogP contribution in [-0.4, -0.2) is 6.54 Å². The molecule has 2 aromatic rings. The summed E-state index contributed by atoms with van der Waals surface area (Å²) in [5.74, 6) is 0. The summed E-state index contributed by atoms with van der Waals surface area (Å²) >= 11 is 0. The second-order valence-corrected chi connectivity index (χ2v) is 4.95. The monoisotopic (exact) mass is 253 g/mol. The predicted molar refractivity (Wildman–Crippen MR) is 82.5 cm³/mol. The normalized spacial score (nSPS) is 12.4. The highest BCUT2D eigenvalue weighted by Crippen LogP contribution is 2.25. The Morgan fingerprint density at radius 2 is 1.63 bits per heavy atom. The molecule has 1 nitrogen and oxygen atoms in total. The molecule has 0 aliphatic heterocycles. The quantitative estimate of drug-likeness (QED) is 0.839. The first kappa shape index (κ1) is 13.8. The van der Waals surface area contributed by atoms with Gasteiger partial charge < -0.3 is 5.32 Å². The van der Waals surface area contributed by atoms with Gasteiger partial charge in [0.1, 0.15) is 0 Å². The molecule has 0 saturated heterocycles. The molecule has 1 heteroatoms. The Kier molecular flexibility index (Phi) is 4.75. The van der Waals surface area contributed by atoms with Gasteiger partial charge in [-0.1, -0.05) is 67.9 Å². The van der Waals surface area contributed by atoms with Gasteiger partial charge in [0.25, 0.3) is 0 Å². The van der Waals surface area contributed by atoms with Crippen molar-refractivity contribution in [3.8, 4) is 0 Å². The van der Waals surface area contributed by atoms with Crippen LogP contribution >= 0.6 is 0 Å². The van der Waals surface area contributed by atoms with Crippen LogP contribution in [0.3, 0.4) is 0 Å². The summed E-state index contributed by atoms with van der Waals surface area (Å²) in [6.45, 7) is 7.48. The van der Waals surface area contributed by atoms with Crippen molar-refractivity contribution in [2.45, 2.75) is 33.2 Å². The third-order valence-electron chi connectivity index (χ3n) is 3.57. The second-order valence-electron chi connectivity index (χ2n) is 4.95. The minimum Gasteiger partial charge on any atom is -0.307 e. The number of hydrogen-bond donors (Lipinski definition) is 1. The molecule has 0 fully saturated rings. The molecule has 0 amide bonds. The van der Waals surface area contributed by atoms with Crippen LogP contribution < -0.4 is 5.32 Å². The average Bonchev–Trinajstić information content (AvgIpc) is 2.46. The van der Waals surface area contributed by atoms with Gasteiger partial charge in [-0.25, -0.2) is 0 Å². The van der Waals surface area contributed by atoms with Gasteiger partial charge in [-0.15, -0.1) is 0 Å². The number of hydrogen-bond acceptors (Lipinski definition) is 1. The Hall–Kier alpha value is -1.60. The number of rotatable bonds is 5. The van der Waals surface area contributed by atoms with E-state index in [-0.39, 0.29) is 0 Å². The lowest BCUT2D eigenvalue weighted by Crippen LogP contribution is -2.23. The van der Waals surface area contributed by atoms with Crippen LogP contribution in [0, 0.1) is 6.92 Å². The molecule has 0 aromatic heterocycles. The lowest BCUT2D eigenvalue weighted by atomic mass is 9.93. The van der Waals surface area contributed by atoms with Crippen molar-refractivity contribution in [2.24, 2.45) is 0 Å². The fourth-order valence-electron chi connectivity index (χ4n) is 2.51. The summed E-state index contributed by atoms with van der Waals surface area (Å²) in [6.07, 6.45) is 1.07. The predicted octanol–water partition coefficient (Wildman–Crippen LogP) is 4.26. The molecule has 19 heavy (non-hydrogen) atoms. The summed E-state index contributed by atoms with van der Waals surface area (Å²) in [4.78, 5) is 0. The van der Waals surface area contributed by atoms with Gasteiger partial charge in [0.2, 0.25) is 0 Å². The van der Waals surface area contributed by atoms with E-state index in [2.05, 4.69) is 74.6 Å². The van der Waals surface area contributed by atoms with Crippen LogP contribution in [0.25, 0.3) is 0 Å². The van der Waals surface area contributed by atoms with Crippen molar-refractivity contribution in [2.75, 3.05) is 6.54 Å². The molecule has 2 rings (SSSR count). The second kappa shape index (κ2) is 6.53. The molecule has 2 aromatic carbocycles. The van der Waals surface area contributed by atoms with Crippen LogP contribution in [0.4, 0.5) is 0 Å². The standard InChI is InChI=1S/C18H23N/c1-4-15-8-6-7-9-17(15)18(19-5-2)16-12-10-14(3)11-13-16/h6-13,18-19H,4-5H2,1-3H3. The van der Waals surface area contributed by atoms with Gasteiger partial charge in [-0.05, 0) is 36.6 Å². The Bertz CT molecular complexity index is 513. The van der Waals surface area contributed by atoms with Crippen LogP contribution in [0.2, 0.25) is 0 Å². The minimum atomic E-state index is 0.293. The van der Waals surface area contributed by atoms with Crippen molar-refractivity contribution in [3.63, 3.8) is 0 Å². The van der Waals surface area contributed by atoms with Gasteiger partial charge in [-0.2, -0.15) is 0 Å². The highest BCUT2D eigenvalue weighted by Gasteiger charge is 2.15. The van der Waals surface area contributed by atoms with Crippen molar-refractivity contribution in [1.29, 1.82) is 0 Å². The summed E-state index contributed by atoms with van der Waals surface area (Å²) in [5.41, 5.74) is 5.47.